The number of aryl methyl sites for hydroxylation is 2. The summed E-state index contributed by atoms with van der Waals surface area (Å²) in [6.45, 7) is 11.3. The fourth-order valence-electron chi connectivity index (χ4n) is 2.84. The van der Waals surface area contributed by atoms with Crippen molar-refractivity contribution in [3.8, 4) is 0 Å². The van der Waals surface area contributed by atoms with Crippen molar-refractivity contribution in [2.24, 2.45) is 0 Å². The molecular weight excluding hydrogens is 254 g/mol. The fraction of sp³-hybridized carbons (Fsp3) is 0.733. The third-order valence-electron chi connectivity index (χ3n) is 3.74. The van der Waals surface area contributed by atoms with Crippen LogP contribution < -0.4 is 0 Å². The van der Waals surface area contributed by atoms with Crippen LogP contribution in [0, 0.1) is 13.8 Å². The Kier molecular flexibility index (Phi) is 4.06. The lowest BCUT2D eigenvalue weighted by atomic mass is 9.88. The average Bonchev–Trinajstić information content (AvgIpc) is 2.67. The molecule has 1 saturated heterocycles. The highest BCUT2D eigenvalue weighted by Gasteiger charge is 2.29. The minimum Gasteiger partial charge on any atom is -0.444 e. The summed E-state index contributed by atoms with van der Waals surface area (Å²) in [6, 6.07) is 0. The molecule has 0 bridgehead atoms. The second-order valence-corrected chi connectivity index (χ2v) is 6.59. The lowest BCUT2D eigenvalue weighted by Crippen LogP contribution is -2.41. The average molecular weight is 279 g/mol. The maximum absolute atomic E-state index is 12.0. The van der Waals surface area contributed by atoms with E-state index < -0.39 is 5.60 Å². The molecule has 1 amide bonds. The zero-order chi connectivity index (χ0) is 14.9. The number of aromatic nitrogens is 2. The van der Waals surface area contributed by atoms with Gasteiger partial charge in [0, 0.05) is 18.8 Å². The summed E-state index contributed by atoms with van der Waals surface area (Å²) in [5, 5.41) is 7.31. The molecule has 5 nitrogen and oxygen atoms in total. The molecule has 1 aromatic heterocycles. The number of nitrogens with zero attached hydrogens (tertiary/aromatic N) is 2. The zero-order valence-corrected chi connectivity index (χ0v) is 13.1. The first kappa shape index (κ1) is 14.9. The van der Waals surface area contributed by atoms with Gasteiger partial charge < -0.3 is 9.64 Å². The molecule has 0 aliphatic carbocycles. The second kappa shape index (κ2) is 5.46. The van der Waals surface area contributed by atoms with Crippen LogP contribution in [0.15, 0.2) is 0 Å². The molecule has 1 aromatic rings. The Bertz CT molecular complexity index is 460. The smallest absolute Gasteiger partial charge is 0.410 e. The standard InChI is InChI=1S/C15H25N3O2/c1-10-13(11(2)17-16-10)12-6-8-18(9-7-12)14(19)20-15(3,4)5/h12H,6-9H2,1-5H3,(H,16,17). The Morgan fingerprint density at radius 1 is 1.30 bits per heavy atom. The molecule has 1 N–H and O–H groups in total. The number of likely N-dealkylation sites (tertiary alicyclic amines) is 1. The van der Waals surface area contributed by atoms with Crippen LogP contribution in [0.5, 0.6) is 0 Å². The maximum Gasteiger partial charge on any atom is 0.410 e. The molecule has 1 fully saturated rings. The number of H-pyrrole nitrogens is 1. The van der Waals surface area contributed by atoms with Crippen molar-refractivity contribution in [2.45, 2.75) is 59.0 Å². The highest BCUT2D eigenvalue weighted by atomic mass is 16.6. The molecule has 20 heavy (non-hydrogen) atoms. The van der Waals surface area contributed by atoms with Crippen molar-refractivity contribution < 1.29 is 9.53 Å². The monoisotopic (exact) mass is 279 g/mol. The summed E-state index contributed by atoms with van der Waals surface area (Å²) >= 11 is 0. The molecule has 112 valence electrons. The highest BCUT2D eigenvalue weighted by Crippen LogP contribution is 2.31. The number of aromatic amines is 1. The topological polar surface area (TPSA) is 58.2 Å². The maximum atomic E-state index is 12.0. The normalized spacial score (nSPS) is 17.4. The van der Waals surface area contributed by atoms with Crippen molar-refractivity contribution >= 4 is 6.09 Å². The molecule has 2 rings (SSSR count). The summed E-state index contributed by atoms with van der Waals surface area (Å²) in [6.07, 6.45) is 1.75. The lowest BCUT2D eigenvalue weighted by Gasteiger charge is -2.33. The largest absolute Gasteiger partial charge is 0.444 e. The number of ether oxygens (including phenoxy) is 1. The van der Waals surface area contributed by atoms with E-state index in [1.165, 1.54) is 5.56 Å². The Morgan fingerprint density at radius 3 is 2.35 bits per heavy atom. The second-order valence-electron chi connectivity index (χ2n) is 6.59. The lowest BCUT2D eigenvalue weighted by molar-refractivity contribution is 0.0205. The van der Waals surface area contributed by atoms with Crippen LogP contribution in [0.25, 0.3) is 0 Å². The van der Waals surface area contributed by atoms with Gasteiger partial charge in [0.15, 0.2) is 0 Å². The van der Waals surface area contributed by atoms with Crippen molar-refractivity contribution in [2.75, 3.05) is 13.1 Å². The highest BCUT2D eigenvalue weighted by molar-refractivity contribution is 5.68. The molecular formula is C15H25N3O2. The molecule has 2 heterocycles. The van der Waals surface area contributed by atoms with Gasteiger partial charge in [-0.25, -0.2) is 4.79 Å². The number of carbonyl (C=O) groups excluding carboxylic acids is 1. The third kappa shape index (κ3) is 3.32. The van der Waals surface area contributed by atoms with Gasteiger partial charge in [0.2, 0.25) is 0 Å². The van der Waals surface area contributed by atoms with Crippen LogP contribution in [0.1, 0.15) is 56.5 Å². The van der Waals surface area contributed by atoms with E-state index in [0.29, 0.717) is 5.92 Å². The predicted molar refractivity (Wildman–Crippen MR) is 77.8 cm³/mol. The molecule has 1 aliphatic rings. The summed E-state index contributed by atoms with van der Waals surface area (Å²) in [4.78, 5) is 13.8. The van der Waals surface area contributed by atoms with Crippen molar-refractivity contribution in [1.82, 2.24) is 15.1 Å². The number of hydrogen-bond donors (Lipinski definition) is 1. The van der Waals surface area contributed by atoms with Crippen LogP contribution in [0.2, 0.25) is 0 Å². The van der Waals surface area contributed by atoms with Gasteiger partial charge in [0.25, 0.3) is 0 Å². The van der Waals surface area contributed by atoms with Crippen LogP contribution in [0.3, 0.4) is 0 Å². The molecule has 0 unspecified atom stereocenters. The Morgan fingerprint density at radius 2 is 1.90 bits per heavy atom. The van der Waals surface area contributed by atoms with Gasteiger partial charge in [-0.2, -0.15) is 5.10 Å². The number of piperidine rings is 1. The van der Waals surface area contributed by atoms with Crippen LogP contribution in [-0.4, -0.2) is 39.9 Å². The Balaban J connectivity index is 1.94. The van der Waals surface area contributed by atoms with E-state index in [-0.39, 0.29) is 6.09 Å². The van der Waals surface area contributed by atoms with Gasteiger partial charge in [0.05, 0.1) is 5.69 Å². The van der Waals surface area contributed by atoms with Crippen LogP contribution >= 0.6 is 0 Å². The first-order valence-electron chi connectivity index (χ1n) is 7.27. The van der Waals surface area contributed by atoms with Gasteiger partial charge >= 0.3 is 6.09 Å². The summed E-state index contributed by atoms with van der Waals surface area (Å²) in [7, 11) is 0. The predicted octanol–water partition coefficient (Wildman–Crippen LogP) is 3.14. The van der Waals surface area contributed by atoms with Gasteiger partial charge in [-0.3, -0.25) is 5.10 Å². The van der Waals surface area contributed by atoms with Gasteiger partial charge in [-0.15, -0.1) is 0 Å². The summed E-state index contributed by atoms with van der Waals surface area (Å²) in [5.74, 6) is 0.493. The Labute approximate surface area is 120 Å². The van der Waals surface area contributed by atoms with Gasteiger partial charge in [-0.05, 0) is 58.9 Å². The van der Waals surface area contributed by atoms with Gasteiger partial charge in [-0.1, -0.05) is 0 Å². The minimum absolute atomic E-state index is 0.198. The van der Waals surface area contributed by atoms with E-state index in [1.807, 2.05) is 32.6 Å². The number of amides is 1. The zero-order valence-electron chi connectivity index (χ0n) is 13.1. The third-order valence-corrected chi connectivity index (χ3v) is 3.74. The van der Waals surface area contributed by atoms with Gasteiger partial charge in [0.1, 0.15) is 5.60 Å². The molecule has 0 aromatic carbocycles. The van der Waals surface area contributed by atoms with E-state index in [1.54, 1.807) is 0 Å². The van der Waals surface area contributed by atoms with Crippen LogP contribution in [-0.2, 0) is 4.74 Å². The molecule has 5 heteroatoms. The number of hydrogen-bond acceptors (Lipinski definition) is 3. The quantitative estimate of drug-likeness (QED) is 0.859. The number of nitrogens with one attached hydrogen (secondary N) is 1. The van der Waals surface area contributed by atoms with E-state index in [0.717, 1.165) is 37.3 Å². The van der Waals surface area contributed by atoms with E-state index in [2.05, 4.69) is 17.1 Å². The van der Waals surface area contributed by atoms with Crippen molar-refractivity contribution in [3.05, 3.63) is 17.0 Å². The number of carbonyl (C=O) groups is 1. The van der Waals surface area contributed by atoms with E-state index >= 15 is 0 Å². The first-order valence-corrected chi connectivity index (χ1v) is 7.27. The summed E-state index contributed by atoms with van der Waals surface area (Å²) in [5.41, 5.74) is 3.14. The molecule has 0 saturated carbocycles. The molecule has 0 spiro atoms. The fourth-order valence-corrected chi connectivity index (χ4v) is 2.84. The SMILES string of the molecule is Cc1n[nH]c(C)c1C1CCN(C(=O)OC(C)(C)C)CC1. The van der Waals surface area contributed by atoms with Crippen LogP contribution in [0.4, 0.5) is 4.79 Å². The van der Waals surface area contributed by atoms with E-state index in [4.69, 9.17) is 4.74 Å². The van der Waals surface area contributed by atoms with Crippen molar-refractivity contribution in [3.63, 3.8) is 0 Å². The summed E-state index contributed by atoms with van der Waals surface area (Å²) < 4.78 is 5.42. The Hall–Kier alpha value is -1.52. The molecule has 0 atom stereocenters. The molecule has 0 radical (unpaired) electrons. The first-order chi connectivity index (χ1) is 9.28. The van der Waals surface area contributed by atoms with E-state index in [9.17, 15) is 4.79 Å². The molecule has 1 aliphatic heterocycles. The van der Waals surface area contributed by atoms with Crippen molar-refractivity contribution in [1.29, 1.82) is 0 Å². The number of rotatable bonds is 1. The minimum atomic E-state index is -0.425.